The lowest BCUT2D eigenvalue weighted by atomic mass is 9.86. The Morgan fingerprint density at radius 1 is 1.28 bits per heavy atom. The van der Waals surface area contributed by atoms with Gasteiger partial charge in [-0.2, -0.15) is 0 Å². The smallest absolute Gasteiger partial charge is 0.136 e. The summed E-state index contributed by atoms with van der Waals surface area (Å²) in [6, 6.07) is 2.07. The normalized spacial score (nSPS) is 17.1. The number of rotatable bonds is 3. The fourth-order valence-corrected chi connectivity index (χ4v) is 2.06. The Labute approximate surface area is 108 Å². The zero-order chi connectivity index (χ0) is 13.2. The first-order chi connectivity index (χ1) is 8.53. The highest BCUT2D eigenvalue weighted by atomic mass is 16.1. The molecule has 2 rings (SSSR count). The average Bonchev–Trinajstić information content (AvgIpc) is 2.40. The molecule has 0 atom stereocenters. The molecule has 1 aromatic heterocycles. The molecule has 0 bridgehead atoms. The van der Waals surface area contributed by atoms with Crippen molar-refractivity contribution in [1.82, 2.24) is 9.97 Å². The van der Waals surface area contributed by atoms with E-state index in [9.17, 15) is 4.79 Å². The first-order valence-corrected chi connectivity index (χ1v) is 6.62. The van der Waals surface area contributed by atoms with Crippen molar-refractivity contribution in [2.75, 3.05) is 18.0 Å². The molecule has 1 aliphatic rings. The molecule has 18 heavy (non-hydrogen) atoms. The molecule has 2 heterocycles. The molecule has 0 radical (unpaired) electrons. The summed E-state index contributed by atoms with van der Waals surface area (Å²) in [7, 11) is 0. The molecule has 98 valence electrons. The highest BCUT2D eigenvalue weighted by Crippen LogP contribution is 2.27. The second-order valence-corrected chi connectivity index (χ2v) is 5.52. The Morgan fingerprint density at radius 2 is 1.94 bits per heavy atom. The van der Waals surface area contributed by atoms with E-state index in [2.05, 4.69) is 41.7 Å². The van der Waals surface area contributed by atoms with Gasteiger partial charge in [0, 0.05) is 37.4 Å². The molecule has 0 aliphatic carbocycles. The number of carbonyl (C=O) groups excluding carboxylic acids is 1. The van der Waals surface area contributed by atoms with E-state index in [-0.39, 0.29) is 5.41 Å². The Morgan fingerprint density at radius 3 is 2.56 bits per heavy atom. The van der Waals surface area contributed by atoms with Gasteiger partial charge in [-0.05, 0) is 6.42 Å². The summed E-state index contributed by atoms with van der Waals surface area (Å²) in [6.07, 6.45) is 3.95. The van der Waals surface area contributed by atoms with Gasteiger partial charge in [-0.25, -0.2) is 9.97 Å². The van der Waals surface area contributed by atoms with Crippen LogP contribution in [0.2, 0.25) is 0 Å². The molecule has 1 fully saturated rings. The number of carbonyl (C=O) groups is 1. The van der Waals surface area contributed by atoms with Crippen LogP contribution in [0.1, 0.15) is 45.7 Å². The Hall–Kier alpha value is -1.45. The van der Waals surface area contributed by atoms with Gasteiger partial charge in [0.2, 0.25) is 0 Å². The lowest BCUT2D eigenvalue weighted by Gasteiger charge is -2.29. The second kappa shape index (κ2) is 5.04. The van der Waals surface area contributed by atoms with E-state index in [4.69, 9.17) is 0 Å². The van der Waals surface area contributed by atoms with Crippen molar-refractivity contribution in [1.29, 1.82) is 0 Å². The third-order valence-corrected chi connectivity index (χ3v) is 3.88. The third kappa shape index (κ3) is 2.68. The quantitative estimate of drug-likeness (QED) is 0.822. The van der Waals surface area contributed by atoms with Gasteiger partial charge in [-0.3, -0.25) is 4.79 Å². The van der Waals surface area contributed by atoms with Crippen LogP contribution in [0.4, 0.5) is 5.82 Å². The van der Waals surface area contributed by atoms with Gasteiger partial charge >= 0.3 is 0 Å². The summed E-state index contributed by atoms with van der Waals surface area (Å²) >= 11 is 0. The molecular formula is C14H21N3O. The number of nitrogens with zero attached hydrogens (tertiary/aromatic N) is 3. The minimum Gasteiger partial charge on any atom is -0.356 e. The van der Waals surface area contributed by atoms with Crippen molar-refractivity contribution < 1.29 is 4.79 Å². The number of piperidine rings is 1. The van der Waals surface area contributed by atoms with Crippen molar-refractivity contribution in [2.24, 2.45) is 0 Å². The van der Waals surface area contributed by atoms with Gasteiger partial charge in [-0.15, -0.1) is 0 Å². The first-order valence-electron chi connectivity index (χ1n) is 6.62. The third-order valence-electron chi connectivity index (χ3n) is 3.88. The van der Waals surface area contributed by atoms with Crippen LogP contribution in [-0.2, 0) is 10.2 Å². The van der Waals surface area contributed by atoms with Crippen molar-refractivity contribution in [2.45, 2.75) is 45.4 Å². The number of aromatic nitrogens is 2. The molecule has 0 spiro atoms. The van der Waals surface area contributed by atoms with Crippen LogP contribution in [0.25, 0.3) is 0 Å². The Kier molecular flexibility index (Phi) is 3.64. The molecule has 0 aromatic carbocycles. The lowest BCUT2D eigenvalue weighted by molar-refractivity contribution is -0.119. The Bertz CT molecular complexity index is 432. The van der Waals surface area contributed by atoms with E-state index in [0.717, 1.165) is 31.0 Å². The van der Waals surface area contributed by atoms with Crippen molar-refractivity contribution in [3.05, 3.63) is 18.1 Å². The Balaban J connectivity index is 2.19. The van der Waals surface area contributed by atoms with E-state index < -0.39 is 0 Å². The summed E-state index contributed by atoms with van der Waals surface area (Å²) in [5, 5.41) is 0. The van der Waals surface area contributed by atoms with Crippen LogP contribution in [-0.4, -0.2) is 28.8 Å². The zero-order valence-corrected chi connectivity index (χ0v) is 11.4. The molecule has 0 N–H and O–H groups in total. The van der Waals surface area contributed by atoms with Gasteiger partial charge < -0.3 is 4.90 Å². The molecular weight excluding hydrogens is 226 g/mol. The summed E-state index contributed by atoms with van der Waals surface area (Å²) in [4.78, 5) is 22.2. The largest absolute Gasteiger partial charge is 0.356 e. The van der Waals surface area contributed by atoms with E-state index in [1.807, 2.05) is 0 Å². The van der Waals surface area contributed by atoms with Crippen LogP contribution < -0.4 is 4.90 Å². The molecule has 1 aliphatic heterocycles. The van der Waals surface area contributed by atoms with Crippen LogP contribution in [0.3, 0.4) is 0 Å². The molecule has 1 saturated heterocycles. The maximum atomic E-state index is 11.3. The van der Waals surface area contributed by atoms with Gasteiger partial charge in [0.25, 0.3) is 0 Å². The van der Waals surface area contributed by atoms with Gasteiger partial charge in [0.1, 0.15) is 17.9 Å². The van der Waals surface area contributed by atoms with Gasteiger partial charge in [-0.1, -0.05) is 20.8 Å². The molecule has 0 unspecified atom stereocenters. The molecule has 4 nitrogen and oxygen atoms in total. The average molecular weight is 247 g/mol. The first kappa shape index (κ1) is 13.0. The highest BCUT2D eigenvalue weighted by Gasteiger charge is 2.23. The number of Topliss-reactive ketones (excluding diaryl/α,β-unsaturated/α-hetero) is 1. The number of hydrogen-bond acceptors (Lipinski definition) is 4. The molecule has 1 aromatic rings. The fourth-order valence-electron chi connectivity index (χ4n) is 2.06. The predicted molar refractivity (Wildman–Crippen MR) is 71.8 cm³/mol. The lowest BCUT2D eigenvalue weighted by Crippen LogP contribution is -2.34. The minimum atomic E-state index is 0.0727. The summed E-state index contributed by atoms with van der Waals surface area (Å²) in [5.74, 6) is 1.31. The van der Waals surface area contributed by atoms with E-state index in [1.165, 1.54) is 0 Å². The second-order valence-electron chi connectivity index (χ2n) is 5.52. The van der Waals surface area contributed by atoms with Crippen LogP contribution in [0.15, 0.2) is 12.4 Å². The summed E-state index contributed by atoms with van der Waals surface area (Å²) < 4.78 is 0. The number of hydrogen-bond donors (Lipinski definition) is 0. The molecule has 4 heteroatoms. The maximum Gasteiger partial charge on any atom is 0.136 e. The van der Waals surface area contributed by atoms with Gasteiger partial charge in [0.05, 0.1) is 5.69 Å². The van der Waals surface area contributed by atoms with E-state index >= 15 is 0 Å². The van der Waals surface area contributed by atoms with Crippen molar-refractivity contribution in [3.63, 3.8) is 0 Å². The number of ketones is 1. The molecule has 0 saturated carbocycles. The summed E-state index contributed by atoms with van der Waals surface area (Å²) in [5.41, 5.74) is 1.15. The van der Waals surface area contributed by atoms with Crippen LogP contribution in [0, 0.1) is 0 Å². The number of anilines is 1. The van der Waals surface area contributed by atoms with E-state index in [1.54, 1.807) is 6.33 Å². The van der Waals surface area contributed by atoms with Crippen molar-refractivity contribution >= 4 is 11.6 Å². The van der Waals surface area contributed by atoms with Crippen molar-refractivity contribution in [3.8, 4) is 0 Å². The van der Waals surface area contributed by atoms with Crippen LogP contribution >= 0.6 is 0 Å². The van der Waals surface area contributed by atoms with E-state index in [0.29, 0.717) is 18.6 Å². The fraction of sp³-hybridized carbons (Fsp3) is 0.643. The monoisotopic (exact) mass is 247 g/mol. The molecule has 0 amide bonds. The standard InChI is InChI=1S/C14H21N3O/c1-4-14(2,3)12-9-13(16-10-15-12)17-7-5-11(18)6-8-17/h9-10H,4-8H2,1-3H3. The minimum absolute atomic E-state index is 0.0727. The van der Waals surface area contributed by atoms with Crippen LogP contribution in [0.5, 0.6) is 0 Å². The zero-order valence-electron chi connectivity index (χ0n) is 11.4. The topological polar surface area (TPSA) is 46.1 Å². The maximum absolute atomic E-state index is 11.3. The summed E-state index contributed by atoms with van der Waals surface area (Å²) in [6.45, 7) is 8.11. The predicted octanol–water partition coefficient (Wildman–Crippen LogP) is 2.33. The van der Waals surface area contributed by atoms with Gasteiger partial charge in [0.15, 0.2) is 0 Å². The highest BCUT2D eigenvalue weighted by molar-refractivity contribution is 5.80. The SMILES string of the molecule is CCC(C)(C)c1cc(N2CCC(=O)CC2)ncn1.